The number of para-hydroxylation sites is 1. The van der Waals surface area contributed by atoms with Gasteiger partial charge in [-0.1, -0.05) is 36.4 Å². The Hall–Kier alpha value is -3.12. The average molecular weight is 407 g/mol. The smallest absolute Gasteiger partial charge is 0.331 e. The van der Waals surface area contributed by atoms with E-state index in [1.807, 2.05) is 66.9 Å². The highest BCUT2D eigenvalue weighted by Gasteiger charge is 2.11. The van der Waals surface area contributed by atoms with E-state index in [0.29, 0.717) is 12.2 Å². The molecule has 0 N–H and O–H groups in total. The molecular formula is C23H22N2O3S. The minimum Gasteiger partial charge on any atom is -0.452 e. The number of carbonyl (C=O) groups is 2. The monoisotopic (exact) mass is 406 g/mol. The first kappa shape index (κ1) is 20.6. The molecule has 0 radical (unpaired) electrons. The van der Waals surface area contributed by atoms with Gasteiger partial charge < -0.3 is 9.64 Å². The van der Waals surface area contributed by atoms with Gasteiger partial charge in [-0.25, -0.2) is 9.78 Å². The van der Waals surface area contributed by atoms with Crippen LogP contribution in [0.25, 0.3) is 17.0 Å². The number of carbonyl (C=O) groups excluding carboxylic acids is 2. The van der Waals surface area contributed by atoms with Crippen LogP contribution >= 0.6 is 11.8 Å². The Kier molecular flexibility index (Phi) is 7.03. The summed E-state index contributed by atoms with van der Waals surface area (Å²) in [5.74, 6) is -0.837. The van der Waals surface area contributed by atoms with Crippen molar-refractivity contribution in [3.63, 3.8) is 0 Å². The van der Waals surface area contributed by atoms with E-state index >= 15 is 0 Å². The number of likely N-dealkylation sites (N-methyl/N-ethyl adjacent to an activating group) is 1. The fraction of sp³-hybridized carbons (Fsp3) is 0.174. The topological polar surface area (TPSA) is 59.5 Å². The van der Waals surface area contributed by atoms with Gasteiger partial charge >= 0.3 is 5.97 Å². The number of rotatable bonds is 7. The molecule has 6 heteroatoms. The van der Waals surface area contributed by atoms with E-state index in [9.17, 15) is 9.59 Å². The predicted molar refractivity (Wildman–Crippen MR) is 116 cm³/mol. The van der Waals surface area contributed by atoms with E-state index in [-0.39, 0.29) is 12.5 Å². The molecule has 0 fully saturated rings. The highest BCUT2D eigenvalue weighted by Crippen LogP contribution is 2.16. The molecule has 0 spiro atoms. The minimum atomic E-state index is -0.578. The van der Waals surface area contributed by atoms with Crippen LogP contribution in [-0.2, 0) is 20.9 Å². The molecule has 0 saturated carbocycles. The van der Waals surface area contributed by atoms with Crippen molar-refractivity contribution in [1.82, 2.24) is 9.88 Å². The van der Waals surface area contributed by atoms with Crippen molar-refractivity contribution in [2.45, 2.75) is 11.4 Å². The van der Waals surface area contributed by atoms with Gasteiger partial charge in [0.1, 0.15) is 0 Å². The van der Waals surface area contributed by atoms with Crippen LogP contribution in [0.3, 0.4) is 0 Å². The first-order valence-electron chi connectivity index (χ1n) is 9.12. The van der Waals surface area contributed by atoms with Crippen LogP contribution in [0.1, 0.15) is 11.3 Å². The van der Waals surface area contributed by atoms with Crippen molar-refractivity contribution in [3.05, 3.63) is 78.0 Å². The van der Waals surface area contributed by atoms with Crippen molar-refractivity contribution < 1.29 is 14.3 Å². The van der Waals surface area contributed by atoms with Crippen LogP contribution in [-0.4, -0.2) is 41.7 Å². The second-order valence-corrected chi connectivity index (χ2v) is 7.35. The van der Waals surface area contributed by atoms with Gasteiger partial charge in [-0.3, -0.25) is 4.79 Å². The van der Waals surface area contributed by atoms with Gasteiger partial charge in [-0.2, -0.15) is 0 Å². The summed E-state index contributed by atoms with van der Waals surface area (Å²) in [6.07, 6.45) is 4.88. The standard InChI is InChI=1S/C23H22N2O3S/c1-25(15-17-7-12-20(29-2)13-8-17)22(26)16-28-23(27)14-11-19-10-9-18-5-3-4-6-21(18)24-19/h3-14H,15-16H2,1-2H3/b14-11+. The third-order valence-electron chi connectivity index (χ3n) is 4.35. The summed E-state index contributed by atoms with van der Waals surface area (Å²) in [7, 11) is 1.69. The van der Waals surface area contributed by atoms with Gasteiger partial charge in [0.05, 0.1) is 11.2 Å². The number of pyridine rings is 1. The lowest BCUT2D eigenvalue weighted by Crippen LogP contribution is -2.30. The number of esters is 1. The number of thioether (sulfide) groups is 1. The number of aromatic nitrogens is 1. The summed E-state index contributed by atoms with van der Waals surface area (Å²) in [4.78, 5) is 31.3. The zero-order chi connectivity index (χ0) is 20.6. The zero-order valence-electron chi connectivity index (χ0n) is 16.4. The molecule has 0 aliphatic rings. The van der Waals surface area contributed by atoms with Crippen LogP contribution in [0.15, 0.2) is 71.6 Å². The highest BCUT2D eigenvalue weighted by atomic mass is 32.2. The molecule has 3 aromatic rings. The van der Waals surface area contributed by atoms with E-state index < -0.39 is 5.97 Å². The normalized spacial score (nSPS) is 11.0. The number of nitrogens with zero attached hydrogens (tertiary/aromatic N) is 2. The zero-order valence-corrected chi connectivity index (χ0v) is 17.2. The van der Waals surface area contributed by atoms with Crippen molar-refractivity contribution >= 4 is 40.6 Å². The molecule has 1 heterocycles. The maximum Gasteiger partial charge on any atom is 0.331 e. The van der Waals surface area contributed by atoms with Crippen LogP contribution in [0, 0.1) is 0 Å². The van der Waals surface area contributed by atoms with Crippen molar-refractivity contribution in [1.29, 1.82) is 0 Å². The molecule has 0 aliphatic heterocycles. The lowest BCUT2D eigenvalue weighted by molar-refractivity contribution is -0.147. The van der Waals surface area contributed by atoms with E-state index in [1.165, 1.54) is 15.9 Å². The van der Waals surface area contributed by atoms with Gasteiger partial charge in [0.15, 0.2) is 6.61 Å². The van der Waals surface area contributed by atoms with Crippen molar-refractivity contribution in [2.24, 2.45) is 0 Å². The number of ether oxygens (including phenoxy) is 1. The molecule has 5 nitrogen and oxygen atoms in total. The van der Waals surface area contributed by atoms with Gasteiger partial charge in [0, 0.05) is 30.0 Å². The summed E-state index contributed by atoms with van der Waals surface area (Å²) < 4.78 is 5.06. The largest absolute Gasteiger partial charge is 0.452 e. The maximum atomic E-state index is 12.2. The molecule has 148 valence electrons. The first-order valence-corrected chi connectivity index (χ1v) is 10.3. The first-order chi connectivity index (χ1) is 14.0. The van der Waals surface area contributed by atoms with Crippen molar-refractivity contribution in [2.75, 3.05) is 19.9 Å². The molecule has 0 aliphatic carbocycles. The van der Waals surface area contributed by atoms with Gasteiger partial charge in [-0.05, 0) is 42.2 Å². The molecule has 1 aromatic heterocycles. The number of hydrogen-bond donors (Lipinski definition) is 0. The van der Waals surface area contributed by atoms with Gasteiger partial charge in [0.25, 0.3) is 5.91 Å². The Morgan fingerprint density at radius 3 is 2.59 bits per heavy atom. The molecule has 0 saturated heterocycles. The van der Waals surface area contributed by atoms with Crippen LogP contribution in [0.4, 0.5) is 0 Å². The molecular weight excluding hydrogens is 384 g/mol. The summed E-state index contributed by atoms with van der Waals surface area (Å²) in [6.45, 7) is 0.162. The second kappa shape index (κ2) is 9.89. The Labute approximate surface area is 174 Å². The Morgan fingerprint density at radius 1 is 1.07 bits per heavy atom. The third kappa shape index (κ3) is 5.93. The summed E-state index contributed by atoms with van der Waals surface area (Å²) >= 11 is 1.67. The van der Waals surface area contributed by atoms with Crippen LogP contribution < -0.4 is 0 Å². The molecule has 0 atom stereocenters. The molecule has 29 heavy (non-hydrogen) atoms. The lowest BCUT2D eigenvalue weighted by atomic mass is 10.2. The lowest BCUT2D eigenvalue weighted by Gasteiger charge is -2.17. The van der Waals surface area contributed by atoms with Crippen LogP contribution in [0.5, 0.6) is 0 Å². The summed E-state index contributed by atoms with van der Waals surface area (Å²) in [5, 5.41) is 1.03. The maximum absolute atomic E-state index is 12.2. The van der Waals surface area contributed by atoms with Crippen molar-refractivity contribution in [3.8, 4) is 0 Å². The fourth-order valence-electron chi connectivity index (χ4n) is 2.71. The molecule has 3 rings (SSSR count). The van der Waals surface area contributed by atoms with Crippen LogP contribution in [0.2, 0.25) is 0 Å². The second-order valence-electron chi connectivity index (χ2n) is 6.47. The summed E-state index contributed by atoms with van der Waals surface area (Å²) in [6, 6.07) is 19.5. The number of amides is 1. The Balaban J connectivity index is 1.49. The fourth-order valence-corrected chi connectivity index (χ4v) is 3.12. The number of fused-ring (bicyclic) bond motifs is 1. The Bertz CT molecular complexity index is 1030. The third-order valence-corrected chi connectivity index (χ3v) is 5.10. The molecule has 1 amide bonds. The number of benzene rings is 2. The highest BCUT2D eigenvalue weighted by molar-refractivity contribution is 7.98. The van der Waals surface area contributed by atoms with E-state index in [4.69, 9.17) is 4.74 Å². The quantitative estimate of drug-likeness (QED) is 0.335. The molecule has 2 aromatic carbocycles. The molecule has 0 bridgehead atoms. The SMILES string of the molecule is CSc1ccc(CN(C)C(=O)COC(=O)/C=C/c2ccc3ccccc3n2)cc1. The summed E-state index contributed by atoms with van der Waals surface area (Å²) in [5.41, 5.74) is 2.52. The molecule has 0 unspecified atom stereocenters. The predicted octanol–water partition coefficient (Wildman–Crippen LogP) is 4.17. The average Bonchev–Trinajstić information content (AvgIpc) is 2.76. The number of hydrogen-bond acceptors (Lipinski definition) is 5. The van der Waals surface area contributed by atoms with Gasteiger partial charge in [0.2, 0.25) is 0 Å². The van der Waals surface area contributed by atoms with E-state index in [0.717, 1.165) is 16.5 Å². The van der Waals surface area contributed by atoms with E-state index in [2.05, 4.69) is 4.98 Å². The van der Waals surface area contributed by atoms with Gasteiger partial charge in [-0.15, -0.1) is 11.8 Å². The minimum absolute atomic E-state index is 0.260. The Morgan fingerprint density at radius 2 is 1.83 bits per heavy atom. The van der Waals surface area contributed by atoms with E-state index in [1.54, 1.807) is 24.9 Å².